The van der Waals surface area contributed by atoms with E-state index in [0.717, 1.165) is 43.6 Å². The maximum atomic E-state index is 11.1. The van der Waals surface area contributed by atoms with Gasteiger partial charge in [0.2, 0.25) is 0 Å². The van der Waals surface area contributed by atoms with Gasteiger partial charge in [0.1, 0.15) is 6.04 Å². The molecule has 2 atom stereocenters. The first-order valence-electron chi connectivity index (χ1n) is 10.7. The number of morpholine rings is 1. The molecule has 1 aliphatic carbocycles. The Balaban J connectivity index is 1.64. The number of anilines is 1. The van der Waals surface area contributed by atoms with Gasteiger partial charge in [-0.25, -0.2) is 5.01 Å². The molecule has 2 fully saturated rings. The first-order chi connectivity index (χ1) is 15.2. The maximum Gasteiger partial charge on any atom is 0.269 e. The number of non-ortho nitro benzene ring substituents is 1. The summed E-state index contributed by atoms with van der Waals surface area (Å²) in [7, 11) is 0. The van der Waals surface area contributed by atoms with E-state index in [1.807, 2.05) is 23.2 Å². The lowest BCUT2D eigenvalue weighted by atomic mass is 9.77. The summed E-state index contributed by atoms with van der Waals surface area (Å²) in [5, 5.41) is 22.5. The highest BCUT2D eigenvalue weighted by atomic mass is 16.6. The third-order valence-electron chi connectivity index (χ3n) is 6.40. The standard InChI is InChI=1S/C23H25N5O3/c29-28(30)21-11-9-20(10-12-21)27-23(26-13-15-31-16-14-26)19(7-4-8-22(23)24-25-27)17-18-5-2-1-3-6-18/h1-3,5-6,9-12,17,22H,4,7-8,13-16H2/b19-17+/t22-,23-/m0/s1. The van der Waals surface area contributed by atoms with E-state index in [1.165, 1.54) is 17.7 Å². The quantitative estimate of drug-likeness (QED) is 0.540. The van der Waals surface area contributed by atoms with Crippen molar-refractivity contribution in [1.29, 1.82) is 0 Å². The summed E-state index contributed by atoms with van der Waals surface area (Å²) in [4.78, 5) is 13.2. The van der Waals surface area contributed by atoms with Gasteiger partial charge in [-0.1, -0.05) is 41.6 Å². The number of fused-ring (bicyclic) bond motifs is 1. The van der Waals surface area contributed by atoms with Crippen LogP contribution in [0.2, 0.25) is 0 Å². The fourth-order valence-electron chi connectivity index (χ4n) is 5.03. The fourth-order valence-corrected chi connectivity index (χ4v) is 5.03. The molecule has 0 N–H and O–H groups in total. The molecule has 2 aliphatic heterocycles. The molecule has 0 radical (unpaired) electrons. The molecule has 2 aromatic carbocycles. The monoisotopic (exact) mass is 419 g/mol. The first kappa shape index (κ1) is 19.8. The lowest BCUT2D eigenvalue weighted by Crippen LogP contribution is -2.67. The Morgan fingerprint density at radius 1 is 1.10 bits per heavy atom. The van der Waals surface area contributed by atoms with Gasteiger partial charge in [-0.05, 0) is 42.5 Å². The van der Waals surface area contributed by atoms with E-state index >= 15 is 0 Å². The van der Waals surface area contributed by atoms with Crippen molar-refractivity contribution in [2.45, 2.75) is 31.0 Å². The van der Waals surface area contributed by atoms with Crippen LogP contribution in [0, 0.1) is 10.1 Å². The van der Waals surface area contributed by atoms with Crippen LogP contribution in [0.5, 0.6) is 0 Å². The lowest BCUT2D eigenvalue weighted by Gasteiger charge is -2.52. The molecule has 1 saturated heterocycles. The van der Waals surface area contributed by atoms with Crippen LogP contribution in [-0.4, -0.2) is 47.8 Å². The number of hydrogen-bond acceptors (Lipinski definition) is 7. The SMILES string of the molecule is O=[N+]([O-])c1ccc(N2N=N[C@H]3CCC/C(=C\c4ccccc4)[C@@]32N2CCOCC2)cc1. The topological polar surface area (TPSA) is 83.6 Å². The molecule has 31 heavy (non-hydrogen) atoms. The van der Waals surface area contributed by atoms with Gasteiger partial charge in [-0.15, -0.1) is 0 Å². The van der Waals surface area contributed by atoms with Crippen LogP contribution in [0.1, 0.15) is 24.8 Å². The van der Waals surface area contributed by atoms with Crippen LogP contribution in [-0.2, 0) is 4.74 Å². The molecule has 5 rings (SSSR count). The van der Waals surface area contributed by atoms with E-state index in [1.54, 1.807) is 12.1 Å². The molecule has 0 aromatic heterocycles. The lowest BCUT2D eigenvalue weighted by molar-refractivity contribution is -0.384. The summed E-state index contributed by atoms with van der Waals surface area (Å²) in [5.74, 6) is 0. The average Bonchev–Trinajstić information content (AvgIpc) is 3.22. The smallest absolute Gasteiger partial charge is 0.269 e. The predicted molar refractivity (Wildman–Crippen MR) is 118 cm³/mol. The molecule has 0 bridgehead atoms. The van der Waals surface area contributed by atoms with Gasteiger partial charge >= 0.3 is 0 Å². The number of nitro groups is 1. The highest BCUT2D eigenvalue weighted by molar-refractivity contribution is 5.63. The number of benzene rings is 2. The predicted octanol–water partition coefficient (Wildman–Crippen LogP) is 4.45. The highest BCUT2D eigenvalue weighted by Crippen LogP contribution is 2.49. The minimum Gasteiger partial charge on any atom is -0.379 e. The molecule has 0 amide bonds. The summed E-state index contributed by atoms with van der Waals surface area (Å²) < 4.78 is 5.66. The van der Waals surface area contributed by atoms with Gasteiger partial charge in [-0.3, -0.25) is 15.0 Å². The Kier molecular flexibility index (Phi) is 5.25. The molecule has 1 saturated carbocycles. The molecular formula is C23H25N5O3. The van der Waals surface area contributed by atoms with Gasteiger partial charge in [0.25, 0.3) is 5.69 Å². The normalized spacial score (nSPS) is 27.4. The van der Waals surface area contributed by atoms with E-state index in [2.05, 4.69) is 28.3 Å². The van der Waals surface area contributed by atoms with Gasteiger partial charge in [0.15, 0.2) is 5.66 Å². The van der Waals surface area contributed by atoms with Crippen molar-refractivity contribution >= 4 is 17.5 Å². The molecule has 2 aromatic rings. The average molecular weight is 419 g/mol. The summed E-state index contributed by atoms with van der Waals surface area (Å²) in [6, 6.07) is 17.0. The van der Waals surface area contributed by atoms with E-state index in [0.29, 0.717) is 13.2 Å². The fraction of sp³-hybridized carbons (Fsp3) is 0.391. The van der Waals surface area contributed by atoms with Crippen molar-refractivity contribution in [3.63, 3.8) is 0 Å². The molecule has 2 heterocycles. The Bertz CT molecular complexity index is 1000. The largest absolute Gasteiger partial charge is 0.379 e. The molecule has 8 heteroatoms. The zero-order chi connectivity index (χ0) is 21.3. The van der Waals surface area contributed by atoms with Crippen LogP contribution in [0.15, 0.2) is 70.5 Å². The van der Waals surface area contributed by atoms with Crippen LogP contribution in [0.4, 0.5) is 11.4 Å². The molecule has 3 aliphatic rings. The Morgan fingerprint density at radius 3 is 2.55 bits per heavy atom. The zero-order valence-electron chi connectivity index (χ0n) is 17.3. The van der Waals surface area contributed by atoms with Crippen molar-refractivity contribution in [3.8, 4) is 0 Å². The van der Waals surface area contributed by atoms with Gasteiger partial charge in [-0.2, -0.15) is 5.11 Å². The maximum absolute atomic E-state index is 11.1. The zero-order valence-corrected chi connectivity index (χ0v) is 17.3. The summed E-state index contributed by atoms with van der Waals surface area (Å²) in [6.07, 6.45) is 5.24. The van der Waals surface area contributed by atoms with Gasteiger partial charge in [0.05, 0.1) is 23.8 Å². The van der Waals surface area contributed by atoms with Crippen LogP contribution in [0.3, 0.4) is 0 Å². The van der Waals surface area contributed by atoms with Crippen molar-refractivity contribution in [3.05, 3.63) is 75.8 Å². The number of hydrogen-bond donors (Lipinski definition) is 0. The van der Waals surface area contributed by atoms with Crippen LogP contribution >= 0.6 is 0 Å². The van der Waals surface area contributed by atoms with Crippen LogP contribution in [0.25, 0.3) is 6.08 Å². The number of ether oxygens (including phenoxy) is 1. The second kappa shape index (κ2) is 8.20. The Labute approximate surface area is 180 Å². The third-order valence-corrected chi connectivity index (χ3v) is 6.40. The van der Waals surface area contributed by atoms with Gasteiger partial charge < -0.3 is 4.74 Å². The molecule has 0 spiro atoms. The first-order valence-corrected chi connectivity index (χ1v) is 10.7. The van der Waals surface area contributed by atoms with E-state index in [4.69, 9.17) is 9.85 Å². The second-order valence-corrected chi connectivity index (χ2v) is 8.10. The van der Waals surface area contributed by atoms with Crippen molar-refractivity contribution in [2.75, 3.05) is 31.3 Å². The molecule has 160 valence electrons. The second-order valence-electron chi connectivity index (χ2n) is 8.10. The van der Waals surface area contributed by atoms with E-state index < -0.39 is 5.66 Å². The minimum absolute atomic E-state index is 0.00417. The van der Waals surface area contributed by atoms with E-state index in [9.17, 15) is 10.1 Å². The molecule has 8 nitrogen and oxygen atoms in total. The van der Waals surface area contributed by atoms with Crippen molar-refractivity contribution in [1.82, 2.24) is 4.90 Å². The minimum atomic E-state index is -0.520. The summed E-state index contributed by atoms with van der Waals surface area (Å²) >= 11 is 0. The van der Waals surface area contributed by atoms with Crippen LogP contribution < -0.4 is 5.01 Å². The molecular weight excluding hydrogens is 394 g/mol. The van der Waals surface area contributed by atoms with Crippen molar-refractivity contribution < 1.29 is 9.66 Å². The van der Waals surface area contributed by atoms with Gasteiger partial charge in [0, 0.05) is 25.2 Å². The number of nitro benzene ring substituents is 1. The third kappa shape index (κ3) is 3.41. The van der Waals surface area contributed by atoms with Crippen molar-refractivity contribution in [2.24, 2.45) is 10.3 Å². The molecule has 0 unspecified atom stereocenters. The summed E-state index contributed by atoms with van der Waals surface area (Å²) in [5.41, 5.74) is 2.79. The number of nitrogens with zero attached hydrogens (tertiary/aromatic N) is 5. The van der Waals surface area contributed by atoms with E-state index in [-0.39, 0.29) is 16.7 Å². The summed E-state index contributed by atoms with van der Waals surface area (Å²) in [6.45, 7) is 2.91. The Morgan fingerprint density at radius 2 is 1.84 bits per heavy atom. The highest BCUT2D eigenvalue weighted by Gasteiger charge is 2.57. The number of rotatable bonds is 4. The Hall–Kier alpha value is -3.10.